The number of carbonyl (C=O) groups excluding carboxylic acids is 1. The van der Waals surface area contributed by atoms with E-state index in [-0.39, 0.29) is 12.5 Å². The average Bonchev–Trinajstić information content (AvgIpc) is 2.91. The largest absolute Gasteiger partial charge is 0.384 e. The molecule has 0 atom stereocenters. The summed E-state index contributed by atoms with van der Waals surface area (Å²) in [6.45, 7) is 0.261. The van der Waals surface area contributed by atoms with Gasteiger partial charge in [0.05, 0.1) is 17.3 Å². The van der Waals surface area contributed by atoms with Crippen molar-refractivity contribution in [3.63, 3.8) is 0 Å². The van der Waals surface area contributed by atoms with E-state index >= 15 is 0 Å². The van der Waals surface area contributed by atoms with Crippen LogP contribution in [0, 0.1) is 11.8 Å². The maximum Gasteiger partial charge on any atom is 0.252 e. The van der Waals surface area contributed by atoms with Crippen LogP contribution >= 0.6 is 0 Å². The molecule has 0 aliphatic heterocycles. The number of carbonyl (C=O) groups is 1. The van der Waals surface area contributed by atoms with E-state index < -0.39 is 0 Å². The minimum absolute atomic E-state index is 0.205. The molecule has 0 saturated heterocycles. The zero-order valence-corrected chi connectivity index (χ0v) is 11.7. The van der Waals surface area contributed by atoms with Gasteiger partial charge in [-0.1, -0.05) is 11.8 Å². The summed E-state index contributed by atoms with van der Waals surface area (Å²) in [6, 6.07) is 1.61. The summed E-state index contributed by atoms with van der Waals surface area (Å²) in [5.74, 6) is 5.03. The maximum absolute atomic E-state index is 12.1. The van der Waals surface area contributed by atoms with E-state index in [0.29, 0.717) is 24.1 Å². The van der Waals surface area contributed by atoms with Gasteiger partial charge in [0.1, 0.15) is 6.61 Å². The Morgan fingerprint density at radius 3 is 3.05 bits per heavy atom. The molecule has 6 nitrogen and oxygen atoms in total. The molecule has 108 valence electrons. The Balaban J connectivity index is 1.97. The first-order valence-electron chi connectivity index (χ1n) is 6.50. The molecule has 0 radical (unpaired) electrons. The molecule has 2 aromatic rings. The lowest BCUT2D eigenvalue weighted by Gasteiger charge is -2.05. The number of aromatic nitrogens is 3. The van der Waals surface area contributed by atoms with Crippen molar-refractivity contribution in [3.05, 3.63) is 47.5 Å². The molecule has 6 heteroatoms. The van der Waals surface area contributed by atoms with Gasteiger partial charge in [-0.05, 0) is 18.1 Å². The predicted octanol–water partition coefficient (Wildman–Crippen LogP) is 0.131. The number of aliphatic hydroxyl groups is 1. The highest BCUT2D eigenvalue weighted by Crippen LogP contribution is 2.05. The van der Waals surface area contributed by atoms with Crippen LogP contribution in [0.25, 0.3) is 0 Å². The second-order valence-electron chi connectivity index (χ2n) is 4.41. The highest BCUT2D eigenvalue weighted by Gasteiger charge is 2.09. The quantitative estimate of drug-likeness (QED) is 0.782. The average molecular weight is 284 g/mol. The Hall–Kier alpha value is -2.65. The van der Waals surface area contributed by atoms with E-state index in [2.05, 4.69) is 27.2 Å². The molecule has 0 saturated carbocycles. The summed E-state index contributed by atoms with van der Waals surface area (Å²) in [7, 11) is 1.85. The molecule has 2 N–H and O–H groups in total. The smallest absolute Gasteiger partial charge is 0.252 e. The zero-order chi connectivity index (χ0) is 15.1. The monoisotopic (exact) mass is 284 g/mol. The number of pyridine rings is 1. The molecule has 2 rings (SSSR count). The first kappa shape index (κ1) is 14.8. The minimum atomic E-state index is -0.253. The number of nitrogens with one attached hydrogen (secondary N) is 1. The lowest BCUT2D eigenvalue weighted by Crippen LogP contribution is -2.26. The third-order valence-corrected chi connectivity index (χ3v) is 2.83. The zero-order valence-electron chi connectivity index (χ0n) is 11.7. The molecular weight excluding hydrogens is 268 g/mol. The molecule has 1 amide bonds. The van der Waals surface area contributed by atoms with Crippen LogP contribution in [0.5, 0.6) is 0 Å². The lowest BCUT2D eigenvalue weighted by molar-refractivity contribution is 0.0954. The van der Waals surface area contributed by atoms with Crippen molar-refractivity contribution < 1.29 is 9.90 Å². The summed E-state index contributed by atoms with van der Waals surface area (Å²) in [5, 5.41) is 15.6. The molecule has 2 aromatic heterocycles. The van der Waals surface area contributed by atoms with Crippen molar-refractivity contribution in [3.8, 4) is 11.8 Å². The van der Waals surface area contributed by atoms with Gasteiger partial charge in [0.15, 0.2) is 0 Å². The van der Waals surface area contributed by atoms with Crippen molar-refractivity contribution in [2.75, 3.05) is 13.2 Å². The van der Waals surface area contributed by atoms with Gasteiger partial charge in [0.25, 0.3) is 5.91 Å². The number of rotatable bonds is 4. The van der Waals surface area contributed by atoms with Gasteiger partial charge in [-0.15, -0.1) is 0 Å². The fraction of sp³-hybridized carbons (Fsp3) is 0.267. The Morgan fingerprint density at radius 2 is 2.33 bits per heavy atom. The minimum Gasteiger partial charge on any atom is -0.384 e. The number of amides is 1. The van der Waals surface area contributed by atoms with Gasteiger partial charge in [0.2, 0.25) is 0 Å². The Bertz CT molecular complexity index is 682. The second-order valence-corrected chi connectivity index (χ2v) is 4.41. The predicted molar refractivity (Wildman–Crippen MR) is 77.4 cm³/mol. The molecular formula is C15H16N4O2. The van der Waals surface area contributed by atoms with E-state index in [4.69, 9.17) is 5.11 Å². The highest BCUT2D eigenvalue weighted by molar-refractivity contribution is 5.96. The Kier molecular flexibility index (Phi) is 5.07. The number of nitrogens with zero attached hydrogens (tertiary/aromatic N) is 3. The number of hydrogen-bond acceptors (Lipinski definition) is 4. The van der Waals surface area contributed by atoms with Crippen molar-refractivity contribution in [1.82, 2.24) is 20.1 Å². The van der Waals surface area contributed by atoms with Crippen LogP contribution in [0.3, 0.4) is 0 Å². The third-order valence-electron chi connectivity index (χ3n) is 2.83. The lowest BCUT2D eigenvalue weighted by atomic mass is 10.1. The first-order valence-corrected chi connectivity index (χ1v) is 6.50. The second kappa shape index (κ2) is 7.22. The van der Waals surface area contributed by atoms with E-state index in [9.17, 15) is 4.79 Å². The van der Waals surface area contributed by atoms with E-state index in [0.717, 1.165) is 5.56 Å². The Labute approximate surface area is 122 Å². The van der Waals surface area contributed by atoms with Crippen LogP contribution < -0.4 is 5.32 Å². The molecule has 0 aromatic carbocycles. The van der Waals surface area contributed by atoms with Crippen molar-refractivity contribution in [2.45, 2.75) is 6.42 Å². The first-order chi connectivity index (χ1) is 10.2. The third kappa shape index (κ3) is 4.16. The van der Waals surface area contributed by atoms with Crippen LogP contribution in [0.4, 0.5) is 0 Å². The van der Waals surface area contributed by atoms with Gasteiger partial charge in [0, 0.05) is 32.2 Å². The number of aryl methyl sites for hydroxylation is 1. The molecule has 0 aliphatic carbocycles. The van der Waals surface area contributed by atoms with Crippen molar-refractivity contribution >= 4 is 5.91 Å². The summed E-state index contributed by atoms with van der Waals surface area (Å²) < 4.78 is 1.72. The van der Waals surface area contributed by atoms with Crippen LogP contribution in [-0.4, -0.2) is 38.9 Å². The number of hydrogen-bond donors (Lipinski definition) is 2. The summed E-state index contributed by atoms with van der Waals surface area (Å²) >= 11 is 0. The van der Waals surface area contributed by atoms with Crippen LogP contribution in [-0.2, 0) is 13.5 Å². The normalized spacial score (nSPS) is 9.81. The molecule has 21 heavy (non-hydrogen) atoms. The van der Waals surface area contributed by atoms with Crippen molar-refractivity contribution in [2.24, 2.45) is 7.05 Å². The summed E-state index contributed by atoms with van der Waals surface area (Å²) in [5.41, 5.74) is 2.02. The fourth-order valence-electron chi connectivity index (χ4n) is 1.84. The summed E-state index contributed by atoms with van der Waals surface area (Å²) in [4.78, 5) is 16.1. The van der Waals surface area contributed by atoms with Crippen LogP contribution in [0.2, 0.25) is 0 Å². The molecule has 2 heterocycles. The number of aliphatic hydroxyl groups excluding tert-OH is 1. The molecule has 0 aliphatic rings. The molecule has 0 bridgehead atoms. The fourth-order valence-corrected chi connectivity index (χ4v) is 1.84. The highest BCUT2D eigenvalue weighted by atomic mass is 16.2. The van der Waals surface area contributed by atoms with Gasteiger partial charge in [-0.2, -0.15) is 5.10 Å². The molecule has 0 unspecified atom stereocenters. The summed E-state index contributed by atoms with van der Waals surface area (Å²) in [6.07, 6.45) is 7.45. The topological polar surface area (TPSA) is 80.0 Å². The van der Waals surface area contributed by atoms with Crippen LogP contribution in [0.15, 0.2) is 30.9 Å². The molecule has 0 fully saturated rings. The SMILES string of the molecule is Cn1cc(CCNC(=O)c2ccncc2C#CCO)cn1. The van der Waals surface area contributed by atoms with E-state index in [1.807, 2.05) is 13.2 Å². The standard InChI is InChI=1S/C15H16N4O2/c1-19-11-12(9-18-19)4-7-17-15(21)14-5-6-16-10-13(14)3-2-8-20/h5-6,9-11,20H,4,7-8H2,1H3,(H,17,21). The maximum atomic E-state index is 12.1. The van der Waals surface area contributed by atoms with Gasteiger partial charge in [-0.3, -0.25) is 14.5 Å². The van der Waals surface area contributed by atoms with Gasteiger partial charge < -0.3 is 10.4 Å². The van der Waals surface area contributed by atoms with E-state index in [1.165, 1.54) is 6.20 Å². The molecule has 0 spiro atoms. The van der Waals surface area contributed by atoms with Crippen molar-refractivity contribution in [1.29, 1.82) is 0 Å². The van der Waals surface area contributed by atoms with Crippen LogP contribution in [0.1, 0.15) is 21.5 Å². The van der Waals surface area contributed by atoms with Gasteiger partial charge in [-0.25, -0.2) is 0 Å². The van der Waals surface area contributed by atoms with E-state index in [1.54, 1.807) is 23.1 Å². The van der Waals surface area contributed by atoms with Gasteiger partial charge >= 0.3 is 0 Å². The Morgan fingerprint density at radius 1 is 1.48 bits per heavy atom.